The number of alkyl halides is 1. The number of halogens is 2. The first kappa shape index (κ1) is 13.7. The Morgan fingerprint density at radius 1 is 1.58 bits per heavy atom. The van der Waals surface area contributed by atoms with Gasteiger partial charge in [0.15, 0.2) is 0 Å². The zero-order chi connectivity index (χ0) is 14.0. The van der Waals surface area contributed by atoms with Crippen molar-refractivity contribution in [3.63, 3.8) is 0 Å². The molecule has 2 aromatic rings. The Labute approximate surface area is 116 Å². The minimum Gasteiger partial charge on any atom is -0.467 e. The number of benzene rings is 1. The van der Waals surface area contributed by atoms with E-state index in [-0.39, 0.29) is 0 Å². The van der Waals surface area contributed by atoms with Gasteiger partial charge in [-0.15, -0.1) is 0 Å². The van der Waals surface area contributed by atoms with Crippen LogP contribution in [0.5, 0.6) is 0 Å². The van der Waals surface area contributed by atoms with Crippen LogP contribution in [0.3, 0.4) is 0 Å². The highest BCUT2D eigenvalue weighted by Gasteiger charge is 2.19. The van der Waals surface area contributed by atoms with Crippen LogP contribution in [-0.2, 0) is 16.1 Å². The molecule has 100 valence electrons. The topological polar surface area (TPSA) is 61.2 Å². The summed E-state index contributed by atoms with van der Waals surface area (Å²) in [5, 5.41) is 0.356. The predicted octanol–water partition coefficient (Wildman–Crippen LogP) is 1.67. The van der Waals surface area contributed by atoms with E-state index in [2.05, 4.69) is 25.7 Å². The smallest absolute Gasteiger partial charge is 0.342 e. The van der Waals surface area contributed by atoms with Crippen LogP contribution in [-0.4, -0.2) is 28.8 Å². The third kappa shape index (κ3) is 2.65. The van der Waals surface area contributed by atoms with Crippen molar-refractivity contribution in [2.75, 3.05) is 7.11 Å². The van der Waals surface area contributed by atoms with Crippen molar-refractivity contribution in [1.82, 2.24) is 9.55 Å². The van der Waals surface area contributed by atoms with Gasteiger partial charge in [-0.1, -0.05) is 6.07 Å². The minimum atomic E-state index is -1.89. The normalized spacial score (nSPS) is 12.4. The fourth-order valence-corrected chi connectivity index (χ4v) is 2.13. The Morgan fingerprint density at radius 3 is 3.00 bits per heavy atom. The largest absolute Gasteiger partial charge is 0.467 e. The second-order valence-corrected chi connectivity index (χ2v) is 4.68. The molecule has 1 atom stereocenters. The lowest BCUT2D eigenvalue weighted by atomic mass is 10.2. The lowest BCUT2D eigenvalue weighted by Crippen LogP contribution is -2.30. The molecule has 7 heteroatoms. The number of rotatable bonds is 3. The highest BCUT2D eigenvalue weighted by molar-refractivity contribution is 9.10. The number of carbonyl (C=O) groups is 1. The van der Waals surface area contributed by atoms with Gasteiger partial charge in [0.05, 0.1) is 30.9 Å². The van der Waals surface area contributed by atoms with E-state index in [0.717, 1.165) is 11.7 Å². The lowest BCUT2D eigenvalue weighted by molar-refractivity contribution is -0.147. The van der Waals surface area contributed by atoms with E-state index in [9.17, 15) is 14.0 Å². The Morgan fingerprint density at radius 2 is 2.32 bits per heavy atom. The molecule has 2 rings (SSSR count). The molecule has 0 unspecified atom stereocenters. The Kier molecular flexibility index (Phi) is 3.94. The number of ether oxygens (including phenoxy) is 1. The molecule has 0 fully saturated rings. The summed E-state index contributed by atoms with van der Waals surface area (Å²) in [5.74, 6) is -1.01. The summed E-state index contributed by atoms with van der Waals surface area (Å²) in [6.07, 6.45) is -0.681. The van der Waals surface area contributed by atoms with Gasteiger partial charge in [-0.2, -0.15) is 0 Å². The average Bonchev–Trinajstić information content (AvgIpc) is 2.41. The molecular formula is C12H10BrFN2O3. The van der Waals surface area contributed by atoms with Crippen LogP contribution in [0.4, 0.5) is 4.39 Å². The van der Waals surface area contributed by atoms with Crippen molar-refractivity contribution in [1.29, 1.82) is 0 Å². The van der Waals surface area contributed by atoms with Gasteiger partial charge in [-0.25, -0.2) is 14.2 Å². The number of carbonyl (C=O) groups excluding carboxylic acids is 1. The molecule has 0 radical (unpaired) electrons. The second-order valence-electron chi connectivity index (χ2n) is 3.83. The van der Waals surface area contributed by atoms with Crippen LogP contribution in [0.2, 0.25) is 0 Å². The van der Waals surface area contributed by atoms with Crippen molar-refractivity contribution >= 4 is 32.8 Å². The molecular weight excluding hydrogens is 319 g/mol. The first-order valence-electron chi connectivity index (χ1n) is 5.40. The quantitative estimate of drug-likeness (QED) is 0.804. The number of esters is 1. The Balaban J connectivity index is 2.44. The van der Waals surface area contributed by atoms with E-state index in [4.69, 9.17) is 0 Å². The summed E-state index contributed by atoms with van der Waals surface area (Å²) >= 11 is 3.28. The van der Waals surface area contributed by atoms with Crippen LogP contribution < -0.4 is 5.56 Å². The third-order valence-electron chi connectivity index (χ3n) is 2.62. The molecule has 0 spiro atoms. The van der Waals surface area contributed by atoms with E-state index in [1.54, 1.807) is 18.2 Å². The van der Waals surface area contributed by atoms with Gasteiger partial charge in [-0.05, 0) is 28.1 Å². The van der Waals surface area contributed by atoms with Gasteiger partial charge in [0.1, 0.15) is 0 Å². The zero-order valence-corrected chi connectivity index (χ0v) is 11.6. The number of fused-ring (bicyclic) bond motifs is 1. The molecule has 1 aromatic heterocycles. The van der Waals surface area contributed by atoms with Crippen LogP contribution in [0.25, 0.3) is 10.9 Å². The first-order valence-corrected chi connectivity index (χ1v) is 6.19. The fourth-order valence-electron chi connectivity index (χ4n) is 1.66. The van der Waals surface area contributed by atoms with E-state index in [0.29, 0.717) is 15.4 Å². The van der Waals surface area contributed by atoms with E-state index in [1.165, 1.54) is 6.33 Å². The van der Waals surface area contributed by atoms with Crippen molar-refractivity contribution < 1.29 is 13.9 Å². The summed E-state index contributed by atoms with van der Waals surface area (Å²) in [4.78, 5) is 27.2. The molecule has 0 N–H and O–H groups in total. The van der Waals surface area contributed by atoms with Crippen LogP contribution >= 0.6 is 15.9 Å². The number of hydrogen-bond donors (Lipinski definition) is 0. The molecule has 19 heavy (non-hydrogen) atoms. The molecule has 0 aliphatic carbocycles. The average molecular weight is 329 g/mol. The SMILES string of the molecule is COC(=O)[C@H](F)Cn1cnc2c(Br)cccc2c1=O. The summed E-state index contributed by atoms with van der Waals surface area (Å²) in [5.41, 5.74) is 0.0927. The maximum absolute atomic E-state index is 13.5. The number of hydrogen-bond acceptors (Lipinski definition) is 4. The van der Waals surface area contributed by atoms with E-state index >= 15 is 0 Å². The Bertz CT molecular complexity index is 686. The molecule has 0 aliphatic heterocycles. The monoisotopic (exact) mass is 328 g/mol. The molecule has 0 aliphatic rings. The van der Waals surface area contributed by atoms with Gasteiger partial charge in [-0.3, -0.25) is 9.36 Å². The molecule has 0 amide bonds. The van der Waals surface area contributed by atoms with Gasteiger partial charge in [0.25, 0.3) is 5.56 Å². The highest BCUT2D eigenvalue weighted by atomic mass is 79.9. The zero-order valence-electron chi connectivity index (χ0n) is 9.97. The van der Waals surface area contributed by atoms with Gasteiger partial charge < -0.3 is 4.74 Å². The number of nitrogens with zero attached hydrogens (tertiary/aromatic N) is 2. The standard InChI is InChI=1S/C12H10BrFN2O3/c1-19-12(18)9(14)5-16-6-15-10-7(11(16)17)3-2-4-8(10)13/h2-4,6,9H,5H2,1H3/t9-/m1/s1. The minimum absolute atomic E-state index is 0.356. The van der Waals surface area contributed by atoms with Crippen LogP contribution in [0, 0.1) is 0 Å². The maximum atomic E-state index is 13.5. The molecule has 0 bridgehead atoms. The summed E-state index contributed by atoms with van der Waals surface area (Å²) in [6.45, 7) is -0.416. The third-order valence-corrected chi connectivity index (χ3v) is 3.26. The highest BCUT2D eigenvalue weighted by Crippen LogP contribution is 2.18. The molecule has 5 nitrogen and oxygen atoms in total. The number of para-hydroxylation sites is 1. The molecule has 1 heterocycles. The molecule has 0 saturated heterocycles. The fraction of sp³-hybridized carbons (Fsp3) is 0.250. The first-order chi connectivity index (χ1) is 9.04. The summed E-state index contributed by atoms with van der Waals surface area (Å²) in [7, 11) is 1.09. The van der Waals surface area contributed by atoms with E-state index in [1.807, 2.05) is 0 Å². The maximum Gasteiger partial charge on any atom is 0.342 e. The lowest BCUT2D eigenvalue weighted by Gasteiger charge is -2.09. The predicted molar refractivity (Wildman–Crippen MR) is 70.6 cm³/mol. The van der Waals surface area contributed by atoms with Gasteiger partial charge in [0, 0.05) is 4.47 Å². The number of methoxy groups -OCH3 is 1. The van der Waals surface area contributed by atoms with Gasteiger partial charge in [0.2, 0.25) is 6.17 Å². The van der Waals surface area contributed by atoms with Crippen molar-refractivity contribution in [2.45, 2.75) is 12.7 Å². The van der Waals surface area contributed by atoms with Gasteiger partial charge >= 0.3 is 5.97 Å². The van der Waals surface area contributed by atoms with E-state index < -0.39 is 24.2 Å². The molecule has 0 saturated carbocycles. The van der Waals surface area contributed by atoms with Crippen LogP contribution in [0.15, 0.2) is 33.8 Å². The summed E-state index contributed by atoms with van der Waals surface area (Å²) in [6, 6.07) is 5.04. The van der Waals surface area contributed by atoms with Crippen molar-refractivity contribution in [3.05, 3.63) is 39.4 Å². The van der Waals surface area contributed by atoms with Crippen molar-refractivity contribution in [2.24, 2.45) is 0 Å². The van der Waals surface area contributed by atoms with Crippen molar-refractivity contribution in [3.8, 4) is 0 Å². The second kappa shape index (κ2) is 5.48. The Hall–Kier alpha value is -1.76. The summed E-state index contributed by atoms with van der Waals surface area (Å²) < 4.78 is 19.5. The van der Waals surface area contributed by atoms with Crippen LogP contribution in [0.1, 0.15) is 0 Å². The number of aromatic nitrogens is 2. The molecule has 1 aromatic carbocycles.